The normalized spacial score (nSPS) is 27.7. The minimum Gasteiger partial charge on any atom is -0.465 e. The van der Waals surface area contributed by atoms with Crippen LogP contribution in [-0.4, -0.2) is 12.6 Å². The van der Waals surface area contributed by atoms with E-state index in [-0.39, 0.29) is 11.9 Å². The number of ether oxygens (including phenoxy) is 1. The van der Waals surface area contributed by atoms with Gasteiger partial charge >= 0.3 is 5.97 Å². The van der Waals surface area contributed by atoms with Gasteiger partial charge in [-0.05, 0) is 19.3 Å². The number of esters is 1. The molecule has 0 bridgehead atoms. The Labute approximate surface area is 55.2 Å². The predicted octanol–water partition coefficient (Wildman–Crippen LogP) is 1.35. The summed E-state index contributed by atoms with van der Waals surface area (Å²) in [6.45, 7) is 2.66. The van der Waals surface area contributed by atoms with Gasteiger partial charge in [0.25, 0.3) is 0 Å². The first-order valence-electron chi connectivity index (χ1n) is 3.51. The zero-order valence-corrected chi connectivity index (χ0v) is 5.72. The van der Waals surface area contributed by atoms with E-state index in [0.29, 0.717) is 6.61 Å². The minimum atomic E-state index is 0.00347. The summed E-state index contributed by atoms with van der Waals surface area (Å²) in [7, 11) is 0. The Kier molecular flexibility index (Phi) is 2.09. The first-order valence-corrected chi connectivity index (χ1v) is 3.51. The predicted molar refractivity (Wildman–Crippen MR) is 34.0 cm³/mol. The van der Waals surface area contributed by atoms with Crippen LogP contribution < -0.4 is 0 Å². The summed E-state index contributed by atoms with van der Waals surface area (Å²) in [6.07, 6.45) is 3.00. The Balaban J connectivity index is 2.39. The Morgan fingerprint density at radius 3 is 3.00 bits per heavy atom. The third-order valence-electron chi connectivity index (χ3n) is 1.77. The van der Waals surface area contributed by atoms with Crippen LogP contribution in [-0.2, 0) is 9.53 Å². The van der Waals surface area contributed by atoms with E-state index < -0.39 is 0 Å². The maximum Gasteiger partial charge on any atom is 0.308 e. The van der Waals surface area contributed by atoms with Crippen LogP contribution in [0.5, 0.6) is 0 Å². The third kappa shape index (κ3) is 1.44. The van der Waals surface area contributed by atoms with Gasteiger partial charge in [-0.3, -0.25) is 4.79 Å². The van der Waals surface area contributed by atoms with Gasteiger partial charge in [-0.15, -0.1) is 0 Å². The molecule has 2 heteroatoms. The second-order valence-electron chi connectivity index (χ2n) is 2.41. The van der Waals surface area contributed by atoms with Crippen molar-refractivity contribution in [3.05, 3.63) is 0 Å². The Morgan fingerprint density at radius 2 is 2.56 bits per heavy atom. The highest BCUT2D eigenvalue weighted by Gasteiger charge is 2.21. The van der Waals surface area contributed by atoms with Gasteiger partial charge in [0.1, 0.15) is 0 Å². The van der Waals surface area contributed by atoms with Crippen molar-refractivity contribution in [2.24, 2.45) is 5.92 Å². The summed E-state index contributed by atoms with van der Waals surface area (Å²) in [6, 6.07) is 0. The molecule has 0 amide bonds. The smallest absolute Gasteiger partial charge is 0.308 e. The van der Waals surface area contributed by atoms with Crippen LogP contribution in [0.25, 0.3) is 0 Å². The average Bonchev–Trinajstić information content (AvgIpc) is 1.89. The Morgan fingerprint density at radius 1 is 1.78 bits per heavy atom. The topological polar surface area (TPSA) is 26.3 Å². The molecule has 1 heterocycles. The highest BCUT2D eigenvalue weighted by Crippen LogP contribution is 2.17. The summed E-state index contributed by atoms with van der Waals surface area (Å²) in [5.41, 5.74) is 0. The van der Waals surface area contributed by atoms with Crippen LogP contribution in [0.1, 0.15) is 26.2 Å². The molecular weight excluding hydrogens is 116 g/mol. The molecule has 0 radical (unpaired) electrons. The SMILES string of the molecule is CC[C@@H]1CCCOC1=O. The fraction of sp³-hybridized carbons (Fsp3) is 0.857. The molecular formula is C7H12O2. The molecule has 1 saturated heterocycles. The van der Waals surface area contributed by atoms with Gasteiger partial charge in [-0.2, -0.15) is 0 Å². The quantitative estimate of drug-likeness (QED) is 0.498. The van der Waals surface area contributed by atoms with Crippen molar-refractivity contribution in [1.82, 2.24) is 0 Å². The average molecular weight is 128 g/mol. The monoisotopic (exact) mass is 128 g/mol. The van der Waals surface area contributed by atoms with Gasteiger partial charge in [-0.25, -0.2) is 0 Å². The first kappa shape index (κ1) is 6.59. The maximum atomic E-state index is 10.8. The van der Waals surface area contributed by atoms with Crippen molar-refractivity contribution in [2.75, 3.05) is 6.61 Å². The highest BCUT2D eigenvalue weighted by atomic mass is 16.5. The molecule has 9 heavy (non-hydrogen) atoms. The number of carbonyl (C=O) groups excluding carboxylic acids is 1. The molecule has 1 rings (SSSR count). The van der Waals surface area contributed by atoms with Crippen molar-refractivity contribution in [3.63, 3.8) is 0 Å². The molecule has 0 aliphatic carbocycles. The lowest BCUT2D eigenvalue weighted by molar-refractivity contribution is -0.152. The Hall–Kier alpha value is -0.530. The molecule has 0 spiro atoms. The summed E-state index contributed by atoms with van der Waals surface area (Å²) >= 11 is 0. The number of hydrogen-bond donors (Lipinski definition) is 0. The molecule has 0 aromatic carbocycles. The van der Waals surface area contributed by atoms with E-state index in [1.54, 1.807) is 0 Å². The lowest BCUT2D eigenvalue weighted by atomic mass is 9.99. The fourth-order valence-electron chi connectivity index (χ4n) is 1.11. The number of carbonyl (C=O) groups is 1. The molecule has 1 aliphatic heterocycles. The largest absolute Gasteiger partial charge is 0.465 e. The fourth-order valence-corrected chi connectivity index (χ4v) is 1.11. The number of cyclic esters (lactones) is 1. The molecule has 1 atom stereocenters. The van der Waals surface area contributed by atoms with E-state index in [1.807, 2.05) is 6.92 Å². The zero-order chi connectivity index (χ0) is 6.69. The van der Waals surface area contributed by atoms with E-state index in [1.165, 1.54) is 0 Å². The molecule has 0 saturated carbocycles. The van der Waals surface area contributed by atoms with E-state index in [4.69, 9.17) is 4.74 Å². The van der Waals surface area contributed by atoms with Gasteiger partial charge in [-0.1, -0.05) is 6.92 Å². The molecule has 0 unspecified atom stereocenters. The molecule has 1 fully saturated rings. The van der Waals surface area contributed by atoms with Crippen LogP contribution in [0.2, 0.25) is 0 Å². The van der Waals surface area contributed by atoms with E-state index in [0.717, 1.165) is 19.3 Å². The van der Waals surface area contributed by atoms with Crippen molar-refractivity contribution >= 4 is 5.97 Å². The molecule has 1 aliphatic rings. The first-order chi connectivity index (χ1) is 4.34. The van der Waals surface area contributed by atoms with Gasteiger partial charge < -0.3 is 4.74 Å². The molecule has 0 N–H and O–H groups in total. The molecule has 0 aromatic heterocycles. The van der Waals surface area contributed by atoms with Gasteiger partial charge in [0.2, 0.25) is 0 Å². The van der Waals surface area contributed by atoms with Crippen molar-refractivity contribution in [3.8, 4) is 0 Å². The minimum absolute atomic E-state index is 0.00347. The lowest BCUT2D eigenvalue weighted by Crippen LogP contribution is -2.23. The second kappa shape index (κ2) is 2.85. The van der Waals surface area contributed by atoms with Gasteiger partial charge in [0, 0.05) is 0 Å². The standard InChI is InChI=1S/C7H12O2/c1-2-6-4-3-5-9-7(6)8/h6H,2-5H2,1H3/t6-/m1/s1. The lowest BCUT2D eigenvalue weighted by Gasteiger charge is -2.18. The van der Waals surface area contributed by atoms with Crippen LogP contribution in [0.4, 0.5) is 0 Å². The molecule has 0 aromatic rings. The zero-order valence-electron chi connectivity index (χ0n) is 5.72. The van der Waals surface area contributed by atoms with E-state index in [2.05, 4.69) is 0 Å². The van der Waals surface area contributed by atoms with Gasteiger partial charge in [0.15, 0.2) is 0 Å². The van der Waals surface area contributed by atoms with Crippen LogP contribution >= 0.6 is 0 Å². The summed E-state index contributed by atoms with van der Waals surface area (Å²) in [5.74, 6) is 0.197. The molecule has 52 valence electrons. The summed E-state index contributed by atoms with van der Waals surface area (Å²) in [4.78, 5) is 10.8. The van der Waals surface area contributed by atoms with E-state index >= 15 is 0 Å². The van der Waals surface area contributed by atoms with Crippen LogP contribution in [0.3, 0.4) is 0 Å². The van der Waals surface area contributed by atoms with Crippen molar-refractivity contribution < 1.29 is 9.53 Å². The summed E-state index contributed by atoms with van der Waals surface area (Å²) < 4.78 is 4.84. The highest BCUT2D eigenvalue weighted by molar-refractivity contribution is 5.72. The van der Waals surface area contributed by atoms with Gasteiger partial charge in [0.05, 0.1) is 12.5 Å². The van der Waals surface area contributed by atoms with Crippen LogP contribution in [0, 0.1) is 5.92 Å². The van der Waals surface area contributed by atoms with E-state index in [9.17, 15) is 4.79 Å². The second-order valence-corrected chi connectivity index (χ2v) is 2.41. The van der Waals surface area contributed by atoms with Crippen molar-refractivity contribution in [1.29, 1.82) is 0 Å². The third-order valence-corrected chi connectivity index (χ3v) is 1.77. The maximum absolute atomic E-state index is 10.8. The number of hydrogen-bond acceptors (Lipinski definition) is 2. The Bertz CT molecular complexity index is 109. The van der Waals surface area contributed by atoms with Crippen molar-refractivity contribution in [2.45, 2.75) is 26.2 Å². The molecule has 2 nitrogen and oxygen atoms in total. The van der Waals surface area contributed by atoms with Crippen LogP contribution in [0.15, 0.2) is 0 Å². The summed E-state index contributed by atoms with van der Waals surface area (Å²) in [5, 5.41) is 0. The number of rotatable bonds is 1.